The molecule has 0 aliphatic heterocycles. The summed E-state index contributed by atoms with van der Waals surface area (Å²) in [5, 5.41) is 1.58. The Balaban J connectivity index is 0.000000292. The Labute approximate surface area is 94.8 Å². The van der Waals surface area contributed by atoms with Gasteiger partial charge in [0, 0.05) is 5.88 Å². The maximum absolute atomic E-state index is 5.23. The zero-order valence-corrected chi connectivity index (χ0v) is 11.0. The van der Waals surface area contributed by atoms with Crippen LogP contribution >= 0.6 is 11.6 Å². The van der Waals surface area contributed by atoms with Crippen molar-refractivity contribution in [1.82, 2.24) is 0 Å². The van der Waals surface area contributed by atoms with Gasteiger partial charge in [0.05, 0.1) is 9.52 Å². The van der Waals surface area contributed by atoms with E-state index in [4.69, 9.17) is 11.6 Å². The van der Waals surface area contributed by atoms with E-state index in [0.29, 0.717) is 5.88 Å². The summed E-state index contributed by atoms with van der Waals surface area (Å²) in [4.78, 5) is 0. The van der Waals surface area contributed by atoms with Crippen LogP contribution in [0.15, 0.2) is 43.0 Å². The van der Waals surface area contributed by atoms with Gasteiger partial charge in [0.15, 0.2) is 0 Å². The summed E-state index contributed by atoms with van der Waals surface area (Å²) in [7, 11) is 0.0990. The third-order valence-electron chi connectivity index (χ3n) is 1.69. The molecule has 0 bridgehead atoms. The molecule has 78 valence electrons. The van der Waals surface area contributed by atoms with E-state index in [1.165, 1.54) is 6.04 Å². The average Bonchev–Trinajstić information content (AvgIpc) is 2.22. The van der Waals surface area contributed by atoms with Crippen LogP contribution in [0.5, 0.6) is 0 Å². The lowest BCUT2D eigenvalue weighted by Crippen LogP contribution is -2.10. The van der Waals surface area contributed by atoms with E-state index in [1.54, 1.807) is 11.3 Å². The van der Waals surface area contributed by atoms with Crippen molar-refractivity contribution in [1.29, 1.82) is 0 Å². The van der Waals surface area contributed by atoms with E-state index in [-0.39, 0.29) is 9.52 Å². The topological polar surface area (TPSA) is 0 Å². The molecule has 0 N–H and O–H groups in total. The molecular formula is C12H19ClSi. The lowest BCUT2D eigenvalue weighted by atomic mass is 10.4. The van der Waals surface area contributed by atoms with Gasteiger partial charge in [-0.15, -0.1) is 18.2 Å². The molecule has 0 fully saturated rings. The highest BCUT2D eigenvalue weighted by atomic mass is 35.5. The third-order valence-corrected chi connectivity index (χ3v) is 3.46. The summed E-state index contributed by atoms with van der Waals surface area (Å²) in [6.45, 7) is 5.73. The van der Waals surface area contributed by atoms with Crippen molar-refractivity contribution in [3.05, 3.63) is 43.0 Å². The number of alkyl halides is 1. The lowest BCUT2D eigenvalue weighted by Gasteiger charge is -1.92. The van der Waals surface area contributed by atoms with Crippen molar-refractivity contribution in [2.75, 3.05) is 5.88 Å². The smallest absolute Gasteiger partial charge is 0.0544 e. The first-order chi connectivity index (χ1) is 6.85. The molecule has 0 unspecified atom stereocenters. The number of benzene rings is 1. The van der Waals surface area contributed by atoms with Crippen LogP contribution in [0.1, 0.15) is 13.3 Å². The van der Waals surface area contributed by atoms with E-state index >= 15 is 0 Å². The highest BCUT2D eigenvalue weighted by Crippen LogP contribution is 1.82. The molecule has 0 saturated carbocycles. The summed E-state index contributed by atoms with van der Waals surface area (Å²) in [6, 6.07) is 12.2. The number of hydrogen-bond acceptors (Lipinski definition) is 0. The highest BCUT2D eigenvalue weighted by Gasteiger charge is 1.85. The first kappa shape index (κ1) is 13.5. The Morgan fingerprint density at radius 2 is 2.00 bits per heavy atom. The molecule has 0 amide bonds. The van der Waals surface area contributed by atoms with Gasteiger partial charge >= 0.3 is 0 Å². The molecule has 1 aromatic carbocycles. The summed E-state index contributed by atoms with van der Waals surface area (Å²) in [5.41, 5.74) is 0. The summed E-state index contributed by atoms with van der Waals surface area (Å²) in [6.07, 6.45) is 2.72. The Hall–Kier alpha value is -0.533. The molecule has 0 heterocycles. The largest absolute Gasteiger partial charge is 0.126 e. The Bertz CT molecular complexity index is 221. The summed E-state index contributed by atoms with van der Waals surface area (Å²) >= 11 is 5.23. The molecule has 2 heteroatoms. The second-order valence-electron chi connectivity index (χ2n) is 3.00. The first-order valence-corrected chi connectivity index (χ1v) is 7.30. The van der Waals surface area contributed by atoms with Crippen LogP contribution in [0, 0.1) is 0 Å². The molecule has 0 aliphatic rings. The molecule has 14 heavy (non-hydrogen) atoms. The van der Waals surface area contributed by atoms with Gasteiger partial charge in [-0.25, -0.2) is 0 Å². The van der Waals surface area contributed by atoms with Crippen molar-refractivity contribution in [3.8, 4) is 0 Å². The van der Waals surface area contributed by atoms with E-state index in [0.717, 1.165) is 6.42 Å². The van der Waals surface area contributed by atoms with Crippen molar-refractivity contribution >= 4 is 26.3 Å². The van der Waals surface area contributed by atoms with Gasteiger partial charge in [0.2, 0.25) is 0 Å². The van der Waals surface area contributed by atoms with Crippen LogP contribution in [0.25, 0.3) is 0 Å². The molecule has 0 spiro atoms. The minimum absolute atomic E-state index is 0.0990. The molecule has 0 atom stereocenters. The third kappa shape index (κ3) is 8.08. The van der Waals surface area contributed by atoms with Gasteiger partial charge in [0.25, 0.3) is 0 Å². The fraction of sp³-hybridized carbons (Fsp3) is 0.333. The molecule has 0 aromatic heterocycles. The van der Waals surface area contributed by atoms with E-state index in [1.807, 2.05) is 0 Å². The Morgan fingerprint density at radius 1 is 1.36 bits per heavy atom. The van der Waals surface area contributed by atoms with Gasteiger partial charge < -0.3 is 0 Å². The SMILES string of the molecule is C=CCCCl.CC[SiH2]c1ccccc1. The molecular weight excluding hydrogens is 208 g/mol. The average molecular weight is 227 g/mol. The molecule has 0 aliphatic carbocycles. The van der Waals surface area contributed by atoms with Crippen molar-refractivity contribution in [3.63, 3.8) is 0 Å². The van der Waals surface area contributed by atoms with Gasteiger partial charge in [-0.3, -0.25) is 0 Å². The second kappa shape index (κ2) is 10.5. The van der Waals surface area contributed by atoms with Crippen LogP contribution in [0.4, 0.5) is 0 Å². The zero-order chi connectivity index (χ0) is 10.6. The molecule has 0 nitrogen and oxygen atoms in total. The Kier molecular flexibility index (Phi) is 10.1. The standard InChI is InChI=1S/C8H12Si.C4H7Cl/c1-2-9-8-6-4-3-5-7-8;1-2-3-4-5/h3-7H,2,9H2,1H3;2H,1,3-4H2. The second-order valence-corrected chi connectivity index (χ2v) is 5.70. The quantitative estimate of drug-likeness (QED) is 0.421. The number of rotatable bonds is 4. The highest BCUT2D eigenvalue weighted by molar-refractivity contribution is 6.53. The predicted octanol–water partition coefficient (Wildman–Crippen LogP) is 2.72. The number of halogens is 1. The van der Waals surface area contributed by atoms with Crippen molar-refractivity contribution in [2.45, 2.75) is 19.4 Å². The maximum Gasteiger partial charge on any atom is 0.0544 e. The first-order valence-electron chi connectivity index (χ1n) is 5.06. The predicted molar refractivity (Wildman–Crippen MR) is 70.6 cm³/mol. The van der Waals surface area contributed by atoms with Gasteiger partial charge in [-0.05, 0) is 6.42 Å². The number of allylic oxidation sites excluding steroid dienone is 1. The van der Waals surface area contributed by atoms with Crippen LogP contribution in [0.2, 0.25) is 6.04 Å². The molecule has 0 radical (unpaired) electrons. The molecule has 0 saturated heterocycles. The normalized spacial score (nSPS) is 9.57. The monoisotopic (exact) mass is 226 g/mol. The van der Waals surface area contributed by atoms with E-state index in [2.05, 4.69) is 43.8 Å². The van der Waals surface area contributed by atoms with Crippen LogP contribution in [0.3, 0.4) is 0 Å². The molecule has 1 rings (SSSR count). The van der Waals surface area contributed by atoms with Crippen LogP contribution in [-0.4, -0.2) is 15.4 Å². The van der Waals surface area contributed by atoms with Crippen LogP contribution < -0.4 is 5.19 Å². The lowest BCUT2D eigenvalue weighted by molar-refractivity contribution is 1.24. The van der Waals surface area contributed by atoms with Gasteiger partial charge in [-0.2, -0.15) is 0 Å². The fourth-order valence-electron chi connectivity index (χ4n) is 1.01. The minimum Gasteiger partial charge on any atom is -0.126 e. The Morgan fingerprint density at radius 3 is 2.36 bits per heavy atom. The van der Waals surface area contributed by atoms with Crippen LogP contribution in [-0.2, 0) is 0 Å². The van der Waals surface area contributed by atoms with Crippen molar-refractivity contribution < 1.29 is 0 Å². The summed E-state index contributed by atoms with van der Waals surface area (Å²) in [5.74, 6) is 0.698. The summed E-state index contributed by atoms with van der Waals surface area (Å²) < 4.78 is 0. The fourth-order valence-corrected chi connectivity index (χ4v) is 2.35. The zero-order valence-electron chi connectivity index (χ0n) is 8.88. The van der Waals surface area contributed by atoms with Gasteiger partial charge in [-0.1, -0.05) is 54.6 Å². The van der Waals surface area contributed by atoms with Crippen molar-refractivity contribution in [2.24, 2.45) is 0 Å². The van der Waals surface area contributed by atoms with E-state index < -0.39 is 0 Å². The number of hydrogen-bond donors (Lipinski definition) is 0. The molecule has 1 aromatic rings. The minimum atomic E-state index is 0.0990. The maximum atomic E-state index is 5.23. The van der Waals surface area contributed by atoms with Gasteiger partial charge in [0.1, 0.15) is 0 Å². The van der Waals surface area contributed by atoms with E-state index in [9.17, 15) is 0 Å².